The van der Waals surface area contributed by atoms with Crippen LogP contribution >= 0.6 is 0 Å². The molecule has 118 valence electrons. The highest BCUT2D eigenvalue weighted by Crippen LogP contribution is 2.19. The van der Waals surface area contributed by atoms with E-state index in [1.54, 1.807) is 24.1 Å². The van der Waals surface area contributed by atoms with E-state index in [1.165, 1.54) is 0 Å². The van der Waals surface area contributed by atoms with Gasteiger partial charge in [-0.1, -0.05) is 0 Å². The Morgan fingerprint density at radius 3 is 2.81 bits per heavy atom. The van der Waals surface area contributed by atoms with Crippen LogP contribution in [0.2, 0.25) is 0 Å². The van der Waals surface area contributed by atoms with Crippen molar-refractivity contribution in [3.8, 4) is 0 Å². The minimum atomic E-state index is 0.0908. The van der Waals surface area contributed by atoms with Gasteiger partial charge in [0.15, 0.2) is 0 Å². The molecule has 21 heavy (non-hydrogen) atoms. The van der Waals surface area contributed by atoms with Crippen molar-refractivity contribution >= 4 is 5.91 Å². The standard InChI is InChI=1S/C15H25N3O3/c1-3-18-14(4-7-16-18)15(19)17-8-5-13(6-9-17)12-21-11-10-20-2/h4,7,13H,3,5-6,8-12H2,1-2H3. The highest BCUT2D eigenvalue weighted by atomic mass is 16.5. The number of likely N-dealkylation sites (tertiary alicyclic amines) is 1. The van der Waals surface area contributed by atoms with Gasteiger partial charge in [0.1, 0.15) is 5.69 Å². The fourth-order valence-corrected chi connectivity index (χ4v) is 2.62. The fourth-order valence-electron chi connectivity index (χ4n) is 2.62. The van der Waals surface area contributed by atoms with E-state index in [9.17, 15) is 4.79 Å². The van der Waals surface area contributed by atoms with E-state index < -0.39 is 0 Å². The zero-order chi connectivity index (χ0) is 15.1. The number of carbonyl (C=O) groups is 1. The number of carbonyl (C=O) groups excluding carboxylic acids is 1. The van der Waals surface area contributed by atoms with E-state index >= 15 is 0 Å². The Hall–Kier alpha value is -1.40. The number of hydrogen-bond acceptors (Lipinski definition) is 4. The number of ether oxygens (including phenoxy) is 2. The summed E-state index contributed by atoms with van der Waals surface area (Å²) in [7, 11) is 1.68. The zero-order valence-corrected chi connectivity index (χ0v) is 13.0. The average Bonchev–Trinajstić information content (AvgIpc) is 3.00. The minimum absolute atomic E-state index is 0.0908. The molecule has 1 amide bonds. The largest absolute Gasteiger partial charge is 0.382 e. The van der Waals surface area contributed by atoms with Gasteiger partial charge in [0.2, 0.25) is 0 Å². The first-order chi connectivity index (χ1) is 10.3. The van der Waals surface area contributed by atoms with Gasteiger partial charge in [-0.25, -0.2) is 0 Å². The lowest BCUT2D eigenvalue weighted by atomic mass is 9.97. The predicted molar refractivity (Wildman–Crippen MR) is 79.2 cm³/mol. The maximum absolute atomic E-state index is 12.5. The van der Waals surface area contributed by atoms with Crippen molar-refractivity contribution in [2.24, 2.45) is 5.92 Å². The molecule has 2 rings (SSSR count). The van der Waals surface area contributed by atoms with Crippen LogP contribution in [0.1, 0.15) is 30.3 Å². The molecule has 1 aromatic rings. The molecule has 1 aliphatic rings. The number of hydrogen-bond donors (Lipinski definition) is 0. The summed E-state index contributed by atoms with van der Waals surface area (Å²) in [4.78, 5) is 14.4. The van der Waals surface area contributed by atoms with Crippen molar-refractivity contribution < 1.29 is 14.3 Å². The summed E-state index contributed by atoms with van der Waals surface area (Å²) in [6.07, 6.45) is 3.69. The summed E-state index contributed by atoms with van der Waals surface area (Å²) in [6, 6.07) is 1.80. The number of methoxy groups -OCH3 is 1. The molecule has 0 unspecified atom stereocenters. The van der Waals surface area contributed by atoms with Crippen LogP contribution in [-0.4, -0.2) is 60.6 Å². The smallest absolute Gasteiger partial charge is 0.272 e. The number of nitrogens with zero attached hydrogens (tertiary/aromatic N) is 3. The molecule has 1 aliphatic heterocycles. The summed E-state index contributed by atoms with van der Waals surface area (Å²) in [5, 5.41) is 4.16. The first kappa shape index (κ1) is 16.0. The molecule has 1 aromatic heterocycles. The Kier molecular flexibility index (Phi) is 6.20. The monoisotopic (exact) mass is 295 g/mol. The van der Waals surface area contributed by atoms with Crippen molar-refractivity contribution in [2.75, 3.05) is 40.0 Å². The number of amides is 1. The number of aryl methyl sites for hydroxylation is 1. The van der Waals surface area contributed by atoms with Crippen LogP contribution in [0.5, 0.6) is 0 Å². The van der Waals surface area contributed by atoms with Gasteiger partial charge in [0.25, 0.3) is 5.91 Å². The van der Waals surface area contributed by atoms with E-state index in [2.05, 4.69) is 5.10 Å². The SMILES string of the molecule is CCn1nccc1C(=O)N1CCC(COCCOC)CC1. The van der Waals surface area contributed by atoms with Crippen LogP contribution in [0, 0.1) is 5.92 Å². The molecule has 0 radical (unpaired) electrons. The van der Waals surface area contributed by atoms with Crippen LogP contribution in [-0.2, 0) is 16.0 Å². The molecular weight excluding hydrogens is 270 g/mol. The van der Waals surface area contributed by atoms with Crippen LogP contribution < -0.4 is 0 Å². The summed E-state index contributed by atoms with van der Waals surface area (Å²) < 4.78 is 12.3. The third kappa shape index (κ3) is 4.28. The van der Waals surface area contributed by atoms with Crippen molar-refractivity contribution in [3.63, 3.8) is 0 Å². The van der Waals surface area contributed by atoms with E-state index in [4.69, 9.17) is 9.47 Å². The summed E-state index contributed by atoms with van der Waals surface area (Å²) >= 11 is 0. The molecule has 0 bridgehead atoms. The highest BCUT2D eigenvalue weighted by molar-refractivity contribution is 5.92. The lowest BCUT2D eigenvalue weighted by Gasteiger charge is -2.31. The van der Waals surface area contributed by atoms with E-state index in [0.29, 0.717) is 24.8 Å². The second-order valence-electron chi connectivity index (χ2n) is 5.34. The maximum Gasteiger partial charge on any atom is 0.272 e. The van der Waals surface area contributed by atoms with Crippen LogP contribution in [0.25, 0.3) is 0 Å². The van der Waals surface area contributed by atoms with E-state index in [-0.39, 0.29) is 5.91 Å². The predicted octanol–water partition coefficient (Wildman–Crippen LogP) is 1.42. The molecule has 6 nitrogen and oxygen atoms in total. The molecule has 0 aromatic carbocycles. The molecule has 0 aliphatic carbocycles. The van der Waals surface area contributed by atoms with Gasteiger partial charge in [0, 0.05) is 39.5 Å². The van der Waals surface area contributed by atoms with Gasteiger partial charge >= 0.3 is 0 Å². The maximum atomic E-state index is 12.5. The van der Waals surface area contributed by atoms with E-state index in [0.717, 1.165) is 39.1 Å². The van der Waals surface area contributed by atoms with Crippen LogP contribution in [0.15, 0.2) is 12.3 Å². The Labute approximate surface area is 126 Å². The molecule has 1 saturated heterocycles. The second-order valence-corrected chi connectivity index (χ2v) is 5.34. The summed E-state index contributed by atoms with van der Waals surface area (Å²) in [5.74, 6) is 0.634. The van der Waals surface area contributed by atoms with Crippen molar-refractivity contribution in [3.05, 3.63) is 18.0 Å². The Balaban J connectivity index is 1.77. The van der Waals surface area contributed by atoms with Gasteiger partial charge in [0.05, 0.1) is 13.2 Å². The van der Waals surface area contributed by atoms with Gasteiger partial charge < -0.3 is 14.4 Å². The van der Waals surface area contributed by atoms with Crippen LogP contribution in [0.3, 0.4) is 0 Å². The Morgan fingerprint density at radius 2 is 2.14 bits per heavy atom. The quantitative estimate of drug-likeness (QED) is 0.714. The van der Waals surface area contributed by atoms with Gasteiger partial charge in [-0.15, -0.1) is 0 Å². The zero-order valence-electron chi connectivity index (χ0n) is 13.0. The fraction of sp³-hybridized carbons (Fsp3) is 0.733. The lowest BCUT2D eigenvalue weighted by Crippen LogP contribution is -2.40. The van der Waals surface area contributed by atoms with Crippen molar-refractivity contribution in [1.82, 2.24) is 14.7 Å². The topological polar surface area (TPSA) is 56.6 Å². The highest BCUT2D eigenvalue weighted by Gasteiger charge is 2.25. The van der Waals surface area contributed by atoms with Gasteiger partial charge in [-0.3, -0.25) is 9.48 Å². The average molecular weight is 295 g/mol. The number of aromatic nitrogens is 2. The second kappa shape index (κ2) is 8.14. The molecule has 0 saturated carbocycles. The molecule has 0 spiro atoms. The molecule has 2 heterocycles. The van der Waals surface area contributed by atoms with Gasteiger partial charge in [-0.2, -0.15) is 5.10 Å². The Morgan fingerprint density at radius 1 is 1.38 bits per heavy atom. The molecule has 1 fully saturated rings. The van der Waals surface area contributed by atoms with Crippen molar-refractivity contribution in [2.45, 2.75) is 26.3 Å². The van der Waals surface area contributed by atoms with Gasteiger partial charge in [-0.05, 0) is 31.7 Å². The molecule has 0 atom stereocenters. The molecule has 0 N–H and O–H groups in total. The first-order valence-corrected chi connectivity index (χ1v) is 7.64. The Bertz CT molecular complexity index is 439. The van der Waals surface area contributed by atoms with Crippen molar-refractivity contribution in [1.29, 1.82) is 0 Å². The number of piperidine rings is 1. The van der Waals surface area contributed by atoms with Crippen LogP contribution in [0.4, 0.5) is 0 Å². The third-order valence-corrected chi connectivity index (χ3v) is 3.92. The lowest BCUT2D eigenvalue weighted by molar-refractivity contribution is 0.0324. The van der Waals surface area contributed by atoms with E-state index in [1.807, 2.05) is 11.8 Å². The third-order valence-electron chi connectivity index (χ3n) is 3.92. The number of rotatable bonds is 7. The summed E-state index contributed by atoms with van der Waals surface area (Å²) in [6.45, 7) is 6.35. The first-order valence-electron chi connectivity index (χ1n) is 7.64. The molecule has 6 heteroatoms. The minimum Gasteiger partial charge on any atom is -0.382 e. The normalized spacial score (nSPS) is 16.4. The summed E-state index contributed by atoms with van der Waals surface area (Å²) in [5.41, 5.74) is 0.687. The molecular formula is C15H25N3O3.